The van der Waals surface area contributed by atoms with Crippen LogP contribution in [0.5, 0.6) is 0 Å². The van der Waals surface area contributed by atoms with E-state index >= 15 is 0 Å². The first-order valence-electron chi connectivity index (χ1n) is 7.93. The van der Waals surface area contributed by atoms with Crippen LogP contribution < -0.4 is 10.6 Å². The molecule has 136 valence electrons. The zero-order chi connectivity index (χ0) is 19.0. The lowest BCUT2D eigenvalue weighted by molar-refractivity contribution is -0.132. The molecule has 3 heterocycles. The second-order valence-corrected chi connectivity index (χ2v) is 7.20. The number of allylic oxidation sites excluding steroid dienone is 1. The van der Waals surface area contributed by atoms with Gasteiger partial charge in [-0.2, -0.15) is 5.10 Å². The Balaban J connectivity index is 1.70. The highest BCUT2D eigenvalue weighted by atomic mass is 35.5. The minimum absolute atomic E-state index is 0.00166. The lowest BCUT2D eigenvalue weighted by Crippen LogP contribution is -2.25. The number of carboxylic acids is 1. The standard InChI is InChI=1S/C18H13ClN4O3S/c19-10-3-1-4-11(7-10)21-17(24)12-9-20-23-14(15-5-2-6-27-15)8-13(18(25)26)22-16(12)23/h1-9,14,22H,(H,21,24)(H,25,26). The van der Waals surface area contributed by atoms with E-state index in [9.17, 15) is 14.7 Å². The molecule has 4 rings (SSSR count). The number of carboxylic acid groups (broad SMARTS) is 1. The molecule has 3 N–H and O–H groups in total. The van der Waals surface area contributed by atoms with E-state index < -0.39 is 17.9 Å². The average molecular weight is 401 g/mol. The van der Waals surface area contributed by atoms with Crippen LogP contribution in [0.3, 0.4) is 0 Å². The molecule has 3 aromatic rings. The third-order valence-electron chi connectivity index (χ3n) is 4.03. The van der Waals surface area contributed by atoms with Gasteiger partial charge in [0, 0.05) is 15.6 Å². The van der Waals surface area contributed by atoms with Gasteiger partial charge in [0.2, 0.25) is 0 Å². The van der Waals surface area contributed by atoms with Crippen molar-refractivity contribution in [1.82, 2.24) is 9.78 Å². The molecule has 27 heavy (non-hydrogen) atoms. The fourth-order valence-electron chi connectivity index (χ4n) is 2.81. The van der Waals surface area contributed by atoms with Gasteiger partial charge in [0.25, 0.3) is 5.91 Å². The van der Waals surface area contributed by atoms with Crippen molar-refractivity contribution in [1.29, 1.82) is 0 Å². The van der Waals surface area contributed by atoms with Gasteiger partial charge in [0.05, 0.1) is 6.20 Å². The Morgan fingerprint density at radius 3 is 2.85 bits per heavy atom. The highest BCUT2D eigenvalue weighted by molar-refractivity contribution is 7.10. The molecule has 0 spiro atoms. The normalized spacial score (nSPS) is 15.4. The van der Waals surface area contributed by atoms with Gasteiger partial charge in [-0.15, -0.1) is 11.3 Å². The molecule has 0 saturated heterocycles. The predicted molar refractivity (Wildman–Crippen MR) is 103 cm³/mol. The van der Waals surface area contributed by atoms with E-state index in [2.05, 4.69) is 15.7 Å². The highest BCUT2D eigenvalue weighted by Crippen LogP contribution is 2.34. The Labute approximate surface area is 162 Å². The van der Waals surface area contributed by atoms with Gasteiger partial charge in [-0.1, -0.05) is 23.7 Å². The number of hydrogen-bond donors (Lipinski definition) is 3. The zero-order valence-corrected chi connectivity index (χ0v) is 15.3. The molecule has 0 bridgehead atoms. The van der Waals surface area contributed by atoms with Gasteiger partial charge < -0.3 is 15.7 Å². The quantitative estimate of drug-likeness (QED) is 0.618. The van der Waals surface area contributed by atoms with Gasteiger partial charge in [0.1, 0.15) is 23.1 Å². The molecule has 1 atom stereocenters. The van der Waals surface area contributed by atoms with Crippen molar-refractivity contribution in [3.05, 3.63) is 75.2 Å². The first kappa shape index (κ1) is 17.3. The van der Waals surface area contributed by atoms with Crippen molar-refractivity contribution in [2.24, 2.45) is 0 Å². The smallest absolute Gasteiger partial charge is 0.352 e. The molecule has 0 saturated carbocycles. The first-order valence-corrected chi connectivity index (χ1v) is 9.18. The lowest BCUT2D eigenvalue weighted by Gasteiger charge is -2.23. The van der Waals surface area contributed by atoms with Crippen molar-refractivity contribution >= 4 is 46.3 Å². The molecule has 9 heteroatoms. The Morgan fingerprint density at radius 2 is 2.15 bits per heavy atom. The maximum atomic E-state index is 12.7. The summed E-state index contributed by atoms with van der Waals surface area (Å²) in [5.74, 6) is -1.19. The van der Waals surface area contributed by atoms with Crippen molar-refractivity contribution in [3.63, 3.8) is 0 Å². The molecule has 0 radical (unpaired) electrons. The molecule has 1 aliphatic heterocycles. The number of aliphatic carboxylic acids is 1. The summed E-state index contributed by atoms with van der Waals surface area (Å²) in [6.07, 6.45) is 2.99. The monoisotopic (exact) mass is 400 g/mol. The molecule has 1 aliphatic rings. The fourth-order valence-corrected chi connectivity index (χ4v) is 3.78. The highest BCUT2D eigenvalue weighted by Gasteiger charge is 2.29. The van der Waals surface area contributed by atoms with E-state index in [0.29, 0.717) is 16.5 Å². The summed E-state index contributed by atoms with van der Waals surface area (Å²) < 4.78 is 1.60. The number of amides is 1. The van der Waals surface area contributed by atoms with Gasteiger partial charge in [-0.05, 0) is 35.7 Å². The number of carbonyl (C=O) groups excluding carboxylic acids is 1. The predicted octanol–water partition coefficient (Wildman–Crippen LogP) is 3.83. The van der Waals surface area contributed by atoms with Gasteiger partial charge >= 0.3 is 5.97 Å². The van der Waals surface area contributed by atoms with E-state index in [-0.39, 0.29) is 11.3 Å². The third kappa shape index (κ3) is 3.32. The number of carbonyl (C=O) groups is 2. The molecule has 7 nitrogen and oxygen atoms in total. The topological polar surface area (TPSA) is 96.2 Å². The van der Waals surface area contributed by atoms with E-state index in [1.807, 2.05) is 17.5 Å². The number of aromatic nitrogens is 2. The van der Waals surface area contributed by atoms with E-state index in [4.69, 9.17) is 11.6 Å². The summed E-state index contributed by atoms with van der Waals surface area (Å²) in [4.78, 5) is 25.2. The number of fused-ring (bicyclic) bond motifs is 1. The Kier molecular flexibility index (Phi) is 4.43. The largest absolute Gasteiger partial charge is 0.477 e. The maximum Gasteiger partial charge on any atom is 0.352 e. The summed E-state index contributed by atoms with van der Waals surface area (Å²) in [5.41, 5.74) is 0.772. The number of hydrogen-bond acceptors (Lipinski definition) is 5. The molecule has 1 aromatic carbocycles. The summed E-state index contributed by atoms with van der Waals surface area (Å²) in [6.45, 7) is 0. The van der Waals surface area contributed by atoms with Crippen LogP contribution >= 0.6 is 22.9 Å². The van der Waals surface area contributed by atoms with Crippen LogP contribution in [0.2, 0.25) is 5.02 Å². The molecule has 1 amide bonds. The number of nitrogens with zero attached hydrogens (tertiary/aromatic N) is 2. The van der Waals surface area contributed by atoms with Gasteiger partial charge in [-0.25, -0.2) is 9.48 Å². The van der Waals surface area contributed by atoms with Crippen LogP contribution in [0.15, 0.2) is 59.7 Å². The zero-order valence-electron chi connectivity index (χ0n) is 13.7. The minimum atomic E-state index is -1.11. The Bertz CT molecular complexity index is 1060. The third-order valence-corrected chi connectivity index (χ3v) is 5.21. The number of halogens is 1. The van der Waals surface area contributed by atoms with Crippen molar-refractivity contribution in [2.75, 3.05) is 10.6 Å². The molecule has 0 fully saturated rings. The summed E-state index contributed by atoms with van der Waals surface area (Å²) in [6, 6.07) is 10.1. The van der Waals surface area contributed by atoms with E-state index in [1.54, 1.807) is 35.0 Å². The number of anilines is 2. The van der Waals surface area contributed by atoms with E-state index in [0.717, 1.165) is 4.88 Å². The molecular weight excluding hydrogens is 388 g/mol. The maximum absolute atomic E-state index is 12.7. The summed E-state index contributed by atoms with van der Waals surface area (Å²) in [5, 5.41) is 21.7. The van der Waals surface area contributed by atoms with Crippen LogP contribution in [-0.2, 0) is 4.79 Å². The number of benzene rings is 1. The second kappa shape index (κ2) is 6.90. The lowest BCUT2D eigenvalue weighted by atomic mass is 10.1. The van der Waals surface area contributed by atoms with Crippen molar-refractivity contribution in [2.45, 2.75) is 6.04 Å². The number of thiophene rings is 1. The van der Waals surface area contributed by atoms with Crippen LogP contribution in [0.25, 0.3) is 0 Å². The molecule has 1 unspecified atom stereocenters. The minimum Gasteiger partial charge on any atom is -0.477 e. The Morgan fingerprint density at radius 1 is 1.30 bits per heavy atom. The summed E-state index contributed by atoms with van der Waals surface area (Å²) >= 11 is 7.43. The van der Waals surface area contributed by atoms with Gasteiger partial charge in [-0.3, -0.25) is 4.79 Å². The van der Waals surface area contributed by atoms with Gasteiger partial charge in [0.15, 0.2) is 0 Å². The fraction of sp³-hybridized carbons (Fsp3) is 0.0556. The van der Waals surface area contributed by atoms with Crippen molar-refractivity contribution < 1.29 is 14.7 Å². The summed E-state index contributed by atoms with van der Waals surface area (Å²) in [7, 11) is 0. The van der Waals surface area contributed by atoms with Crippen LogP contribution in [0, 0.1) is 0 Å². The van der Waals surface area contributed by atoms with Crippen molar-refractivity contribution in [3.8, 4) is 0 Å². The number of rotatable bonds is 4. The van der Waals surface area contributed by atoms with Crippen LogP contribution in [0.4, 0.5) is 11.5 Å². The SMILES string of the molecule is O=C(O)C1=CC(c2cccs2)n2ncc(C(=O)Nc3cccc(Cl)c3)c2N1. The van der Waals surface area contributed by atoms with E-state index in [1.165, 1.54) is 17.5 Å². The first-order chi connectivity index (χ1) is 13.0. The molecule has 2 aromatic heterocycles. The second-order valence-electron chi connectivity index (χ2n) is 5.79. The molecular formula is C18H13ClN4O3S. The number of nitrogens with one attached hydrogen (secondary N) is 2. The Hall–Kier alpha value is -3.10. The average Bonchev–Trinajstić information content (AvgIpc) is 3.30. The van der Waals surface area contributed by atoms with Crippen LogP contribution in [0.1, 0.15) is 21.3 Å². The van der Waals surface area contributed by atoms with Crippen LogP contribution in [-0.4, -0.2) is 26.8 Å². The molecule has 0 aliphatic carbocycles.